The third-order valence-corrected chi connectivity index (χ3v) is 2.69. The highest BCUT2D eigenvalue weighted by Crippen LogP contribution is 2.14. The van der Waals surface area contributed by atoms with Gasteiger partial charge in [0.25, 0.3) is 5.91 Å². The summed E-state index contributed by atoms with van der Waals surface area (Å²) in [5.41, 5.74) is 1.04. The van der Waals surface area contributed by atoms with Crippen LogP contribution in [0.1, 0.15) is 42.6 Å². The lowest BCUT2D eigenvalue weighted by atomic mass is 10.2. The van der Waals surface area contributed by atoms with Gasteiger partial charge in [-0.25, -0.2) is 0 Å². The minimum absolute atomic E-state index is 0. The van der Waals surface area contributed by atoms with Gasteiger partial charge in [-0.15, -0.1) is 12.4 Å². The van der Waals surface area contributed by atoms with E-state index in [1.807, 2.05) is 27.7 Å². The van der Waals surface area contributed by atoms with E-state index >= 15 is 0 Å². The fourth-order valence-electron chi connectivity index (χ4n) is 1.74. The normalized spacial score (nSPS) is 11.8. The van der Waals surface area contributed by atoms with Crippen LogP contribution in [-0.2, 0) is 6.42 Å². The average molecular weight is 275 g/mol. The molecule has 0 saturated heterocycles. The zero-order valence-electron chi connectivity index (χ0n) is 11.5. The summed E-state index contributed by atoms with van der Waals surface area (Å²) in [6.45, 7) is 9.56. The highest BCUT2D eigenvalue weighted by Gasteiger charge is 2.13. The highest BCUT2D eigenvalue weighted by molar-refractivity contribution is 5.91. The molecule has 0 aromatic carbocycles. The minimum Gasteiger partial charge on any atom is -0.456 e. The molecule has 1 aromatic heterocycles. The first-order valence-electron chi connectivity index (χ1n) is 6.19. The summed E-state index contributed by atoms with van der Waals surface area (Å²) in [5.74, 6) is 1.15. The van der Waals surface area contributed by atoms with Crippen molar-refractivity contribution in [3.8, 4) is 0 Å². The largest absolute Gasteiger partial charge is 0.456 e. The Morgan fingerprint density at radius 2 is 2.11 bits per heavy atom. The van der Waals surface area contributed by atoms with Crippen molar-refractivity contribution in [1.29, 1.82) is 0 Å². The molecule has 0 radical (unpaired) electrons. The Morgan fingerprint density at radius 1 is 1.44 bits per heavy atom. The van der Waals surface area contributed by atoms with Gasteiger partial charge in [-0.1, -0.05) is 13.8 Å². The molecule has 5 heteroatoms. The van der Waals surface area contributed by atoms with Crippen LogP contribution in [0.15, 0.2) is 10.5 Å². The SMILES string of the molecule is CCN[C@H](C)CNC(=O)c1cc(C)c(CC)o1.Cl. The lowest BCUT2D eigenvalue weighted by molar-refractivity contribution is 0.0921. The first-order valence-corrected chi connectivity index (χ1v) is 6.19. The number of halogens is 1. The van der Waals surface area contributed by atoms with Gasteiger partial charge < -0.3 is 15.1 Å². The van der Waals surface area contributed by atoms with E-state index in [2.05, 4.69) is 10.6 Å². The summed E-state index contributed by atoms with van der Waals surface area (Å²) >= 11 is 0. The second kappa shape index (κ2) is 8.16. The molecule has 2 N–H and O–H groups in total. The summed E-state index contributed by atoms with van der Waals surface area (Å²) in [6.07, 6.45) is 0.812. The maximum Gasteiger partial charge on any atom is 0.287 e. The first kappa shape index (κ1) is 17.0. The Kier molecular flexibility index (Phi) is 7.71. The lowest BCUT2D eigenvalue weighted by Gasteiger charge is -2.12. The molecule has 0 unspecified atom stereocenters. The van der Waals surface area contributed by atoms with Gasteiger partial charge in [-0.05, 0) is 32.0 Å². The molecule has 1 heterocycles. The molecule has 0 fully saturated rings. The van der Waals surface area contributed by atoms with E-state index in [0.717, 1.165) is 24.3 Å². The summed E-state index contributed by atoms with van der Waals surface area (Å²) in [7, 11) is 0. The molecule has 0 aliphatic heterocycles. The second-order valence-corrected chi connectivity index (χ2v) is 4.24. The van der Waals surface area contributed by atoms with Crippen molar-refractivity contribution in [3.05, 3.63) is 23.2 Å². The molecule has 1 rings (SSSR count). The average Bonchev–Trinajstić information content (AvgIpc) is 2.68. The number of hydrogen-bond donors (Lipinski definition) is 2. The Labute approximate surface area is 115 Å². The molecule has 0 saturated carbocycles. The van der Waals surface area contributed by atoms with Crippen LogP contribution in [0, 0.1) is 6.92 Å². The topological polar surface area (TPSA) is 54.3 Å². The maximum absolute atomic E-state index is 11.8. The standard InChI is InChI=1S/C13H22N2O2.ClH/c1-5-11-9(3)7-12(17-11)13(16)15-8-10(4)14-6-2;/h7,10,14H,5-6,8H2,1-4H3,(H,15,16);1H/t10-;/m1./s1. The quantitative estimate of drug-likeness (QED) is 0.837. The molecule has 0 aliphatic rings. The molecule has 104 valence electrons. The number of furan rings is 1. The third kappa shape index (κ3) is 4.70. The van der Waals surface area contributed by atoms with E-state index in [0.29, 0.717) is 12.3 Å². The van der Waals surface area contributed by atoms with Gasteiger partial charge in [-0.2, -0.15) is 0 Å². The summed E-state index contributed by atoms with van der Waals surface area (Å²) < 4.78 is 5.49. The Balaban J connectivity index is 0.00000289. The zero-order chi connectivity index (χ0) is 12.8. The van der Waals surface area contributed by atoms with Crippen molar-refractivity contribution in [2.75, 3.05) is 13.1 Å². The number of carbonyl (C=O) groups excluding carboxylic acids is 1. The molecule has 0 aliphatic carbocycles. The van der Waals surface area contributed by atoms with Crippen molar-refractivity contribution >= 4 is 18.3 Å². The van der Waals surface area contributed by atoms with E-state index in [4.69, 9.17) is 4.42 Å². The van der Waals surface area contributed by atoms with Crippen molar-refractivity contribution in [1.82, 2.24) is 10.6 Å². The van der Waals surface area contributed by atoms with Gasteiger partial charge in [0.1, 0.15) is 5.76 Å². The molecule has 0 spiro atoms. The van der Waals surface area contributed by atoms with Crippen LogP contribution >= 0.6 is 12.4 Å². The van der Waals surface area contributed by atoms with Gasteiger partial charge in [-0.3, -0.25) is 4.79 Å². The third-order valence-electron chi connectivity index (χ3n) is 2.69. The van der Waals surface area contributed by atoms with Crippen LogP contribution in [0.4, 0.5) is 0 Å². The molecule has 0 bridgehead atoms. The fourth-order valence-corrected chi connectivity index (χ4v) is 1.74. The number of carbonyl (C=O) groups is 1. The van der Waals surface area contributed by atoms with Crippen LogP contribution in [0.3, 0.4) is 0 Å². The van der Waals surface area contributed by atoms with Crippen molar-refractivity contribution in [2.45, 2.75) is 40.2 Å². The molecule has 4 nitrogen and oxygen atoms in total. The molecular formula is C13H23ClN2O2. The van der Waals surface area contributed by atoms with E-state index in [1.54, 1.807) is 6.07 Å². The first-order chi connectivity index (χ1) is 8.08. The number of amides is 1. The van der Waals surface area contributed by atoms with Crippen molar-refractivity contribution < 1.29 is 9.21 Å². The van der Waals surface area contributed by atoms with Crippen LogP contribution in [0.25, 0.3) is 0 Å². The summed E-state index contributed by atoms with van der Waals surface area (Å²) in [6, 6.07) is 2.07. The van der Waals surface area contributed by atoms with E-state index in [1.165, 1.54) is 0 Å². The molecule has 1 amide bonds. The van der Waals surface area contributed by atoms with E-state index in [-0.39, 0.29) is 24.4 Å². The number of rotatable bonds is 6. The van der Waals surface area contributed by atoms with Crippen LogP contribution < -0.4 is 10.6 Å². The molecule has 18 heavy (non-hydrogen) atoms. The Bertz CT molecular complexity index is 377. The van der Waals surface area contributed by atoms with Gasteiger partial charge in [0.15, 0.2) is 5.76 Å². The van der Waals surface area contributed by atoms with Crippen LogP contribution in [-0.4, -0.2) is 25.0 Å². The summed E-state index contributed by atoms with van der Waals surface area (Å²) in [4.78, 5) is 11.8. The van der Waals surface area contributed by atoms with E-state index in [9.17, 15) is 4.79 Å². The van der Waals surface area contributed by atoms with E-state index < -0.39 is 0 Å². The fraction of sp³-hybridized carbons (Fsp3) is 0.615. The van der Waals surface area contributed by atoms with Gasteiger partial charge in [0, 0.05) is 19.0 Å². The number of nitrogens with one attached hydrogen (secondary N) is 2. The number of aryl methyl sites for hydroxylation is 2. The monoisotopic (exact) mass is 274 g/mol. The smallest absolute Gasteiger partial charge is 0.287 e. The van der Waals surface area contributed by atoms with Gasteiger partial charge >= 0.3 is 0 Å². The lowest BCUT2D eigenvalue weighted by Crippen LogP contribution is -2.38. The van der Waals surface area contributed by atoms with Gasteiger partial charge in [0.2, 0.25) is 0 Å². The zero-order valence-corrected chi connectivity index (χ0v) is 12.3. The summed E-state index contributed by atoms with van der Waals surface area (Å²) in [5, 5.41) is 6.09. The van der Waals surface area contributed by atoms with Crippen LogP contribution in [0.2, 0.25) is 0 Å². The molecular weight excluding hydrogens is 252 g/mol. The Hall–Kier alpha value is -1.00. The molecule has 1 atom stereocenters. The second-order valence-electron chi connectivity index (χ2n) is 4.24. The molecule has 1 aromatic rings. The maximum atomic E-state index is 11.8. The predicted molar refractivity (Wildman–Crippen MR) is 75.5 cm³/mol. The number of hydrogen-bond acceptors (Lipinski definition) is 3. The van der Waals surface area contributed by atoms with Crippen molar-refractivity contribution in [2.24, 2.45) is 0 Å². The number of likely N-dealkylation sites (N-methyl/N-ethyl adjacent to an activating group) is 1. The Morgan fingerprint density at radius 3 is 2.61 bits per heavy atom. The predicted octanol–water partition coefficient (Wildman–Crippen LogP) is 2.30. The van der Waals surface area contributed by atoms with Gasteiger partial charge in [0.05, 0.1) is 0 Å². The minimum atomic E-state index is -0.141. The van der Waals surface area contributed by atoms with Crippen LogP contribution in [0.5, 0.6) is 0 Å². The van der Waals surface area contributed by atoms with Crippen molar-refractivity contribution in [3.63, 3.8) is 0 Å². The highest BCUT2D eigenvalue weighted by atomic mass is 35.5.